The van der Waals surface area contributed by atoms with Crippen molar-refractivity contribution in [1.29, 1.82) is 5.26 Å². The normalized spacial score (nSPS) is 10.1. The molecule has 0 fully saturated rings. The molecule has 0 unspecified atom stereocenters. The Bertz CT molecular complexity index is 690. The number of hydrogen-bond donors (Lipinski definition) is 0. The first-order valence-electron chi connectivity index (χ1n) is 5.56. The number of aromatic nitrogens is 3. The predicted molar refractivity (Wildman–Crippen MR) is 66.7 cm³/mol. The molecule has 0 atom stereocenters. The number of nitriles is 1. The molecule has 0 amide bonds. The molecule has 0 radical (unpaired) electrons. The predicted octanol–water partition coefficient (Wildman–Crippen LogP) is 1.19. The second-order valence-electron chi connectivity index (χ2n) is 3.99. The molecule has 0 spiro atoms. The van der Waals surface area contributed by atoms with E-state index in [-0.39, 0.29) is 23.6 Å². The quantitative estimate of drug-likeness (QED) is 0.601. The molecule has 0 aliphatic heterocycles. The zero-order valence-corrected chi connectivity index (χ0v) is 10.8. The maximum Gasteiger partial charge on any atom is 0.329 e. The van der Waals surface area contributed by atoms with Crippen molar-refractivity contribution in [2.45, 2.75) is 13.5 Å². The molecule has 2 aromatic rings. The maximum absolute atomic E-state index is 11.1. The van der Waals surface area contributed by atoms with Crippen molar-refractivity contribution in [3.05, 3.63) is 39.7 Å². The molecule has 0 aliphatic carbocycles. The van der Waals surface area contributed by atoms with E-state index in [1.54, 1.807) is 20.0 Å². The van der Waals surface area contributed by atoms with E-state index < -0.39 is 4.92 Å². The highest BCUT2D eigenvalue weighted by Crippen LogP contribution is 2.28. The molecule has 2 heterocycles. The van der Waals surface area contributed by atoms with Gasteiger partial charge in [-0.1, -0.05) is 5.16 Å². The van der Waals surface area contributed by atoms with Crippen molar-refractivity contribution >= 4 is 11.5 Å². The van der Waals surface area contributed by atoms with Crippen LogP contribution in [0.5, 0.6) is 0 Å². The van der Waals surface area contributed by atoms with Crippen LogP contribution in [0, 0.1) is 28.4 Å². The molecule has 0 bridgehead atoms. The maximum atomic E-state index is 11.1. The fourth-order valence-corrected chi connectivity index (χ4v) is 1.69. The van der Waals surface area contributed by atoms with Gasteiger partial charge in [0.1, 0.15) is 11.6 Å². The lowest BCUT2D eigenvalue weighted by molar-refractivity contribution is -0.384. The first kappa shape index (κ1) is 13.4. The Labute approximate surface area is 113 Å². The topological polar surface area (TPSA) is 122 Å². The third-order valence-electron chi connectivity index (χ3n) is 2.52. The number of hydrogen-bond acceptors (Lipinski definition) is 8. The second kappa shape index (κ2) is 5.31. The minimum Gasteiger partial charge on any atom is -0.346 e. The Morgan fingerprint density at radius 3 is 2.90 bits per heavy atom. The van der Waals surface area contributed by atoms with Gasteiger partial charge in [0.15, 0.2) is 5.82 Å². The van der Waals surface area contributed by atoms with E-state index in [9.17, 15) is 10.1 Å². The van der Waals surface area contributed by atoms with Crippen molar-refractivity contribution in [2.75, 3.05) is 11.9 Å². The first-order valence-corrected chi connectivity index (χ1v) is 5.56. The van der Waals surface area contributed by atoms with Gasteiger partial charge in [0.2, 0.25) is 11.7 Å². The van der Waals surface area contributed by atoms with Crippen LogP contribution < -0.4 is 4.90 Å². The lowest BCUT2D eigenvalue weighted by Gasteiger charge is -2.15. The second-order valence-corrected chi connectivity index (χ2v) is 3.99. The van der Waals surface area contributed by atoms with Gasteiger partial charge in [0.05, 0.1) is 11.5 Å². The number of nitrogens with zero attached hydrogens (tertiary/aromatic N) is 6. The summed E-state index contributed by atoms with van der Waals surface area (Å²) in [6.45, 7) is 1.83. The summed E-state index contributed by atoms with van der Waals surface area (Å²) in [5.74, 6) is 0.863. The first-order chi connectivity index (χ1) is 9.52. The van der Waals surface area contributed by atoms with E-state index >= 15 is 0 Å². The summed E-state index contributed by atoms with van der Waals surface area (Å²) in [4.78, 5) is 19.9. The Balaban J connectivity index is 2.37. The Kier molecular flexibility index (Phi) is 3.56. The average Bonchev–Trinajstić information content (AvgIpc) is 2.82. The van der Waals surface area contributed by atoms with Crippen LogP contribution in [-0.4, -0.2) is 27.1 Å². The monoisotopic (exact) mass is 274 g/mol. The lowest BCUT2D eigenvalue weighted by Crippen LogP contribution is -2.20. The van der Waals surface area contributed by atoms with Crippen molar-refractivity contribution < 1.29 is 9.45 Å². The molecule has 9 heteroatoms. The fraction of sp³-hybridized carbons (Fsp3) is 0.273. The molecule has 102 valence electrons. The van der Waals surface area contributed by atoms with Crippen molar-refractivity contribution in [3.63, 3.8) is 0 Å². The van der Waals surface area contributed by atoms with Gasteiger partial charge in [-0.15, -0.1) is 0 Å². The Hall–Kier alpha value is -3.02. The summed E-state index contributed by atoms with van der Waals surface area (Å²) in [5, 5.41) is 23.7. The van der Waals surface area contributed by atoms with Crippen LogP contribution >= 0.6 is 0 Å². The van der Waals surface area contributed by atoms with E-state index in [0.29, 0.717) is 11.7 Å². The van der Waals surface area contributed by atoms with Gasteiger partial charge in [-0.05, 0) is 6.07 Å². The summed E-state index contributed by atoms with van der Waals surface area (Å²) in [6, 6.07) is 3.08. The molecule has 0 aromatic carbocycles. The summed E-state index contributed by atoms with van der Waals surface area (Å²) < 4.78 is 4.83. The molecule has 0 saturated heterocycles. The van der Waals surface area contributed by atoms with Crippen LogP contribution in [0.25, 0.3) is 0 Å². The van der Waals surface area contributed by atoms with Gasteiger partial charge in [-0.25, -0.2) is 4.98 Å². The smallest absolute Gasteiger partial charge is 0.329 e. The molecule has 9 nitrogen and oxygen atoms in total. The van der Waals surface area contributed by atoms with Crippen LogP contribution in [-0.2, 0) is 6.54 Å². The van der Waals surface area contributed by atoms with Crippen molar-refractivity contribution in [3.8, 4) is 6.07 Å². The van der Waals surface area contributed by atoms with E-state index in [1.807, 2.05) is 0 Å². The van der Waals surface area contributed by atoms with Gasteiger partial charge in [-0.3, -0.25) is 10.1 Å². The van der Waals surface area contributed by atoms with Gasteiger partial charge in [-0.2, -0.15) is 10.2 Å². The Morgan fingerprint density at radius 1 is 1.60 bits per heavy atom. The van der Waals surface area contributed by atoms with Crippen molar-refractivity contribution in [1.82, 2.24) is 15.1 Å². The number of pyridine rings is 1. The standard InChI is InChI=1S/C11H10N6O3/c1-7-14-9(15-20-7)6-16(2)11-10(17(18)19)8(5-12)3-4-13-11/h3-4H,6H2,1-2H3. The molecule has 0 aliphatic rings. The van der Waals surface area contributed by atoms with Gasteiger partial charge in [0.25, 0.3) is 0 Å². The number of nitro groups is 1. The van der Waals surface area contributed by atoms with Crippen LogP contribution in [0.2, 0.25) is 0 Å². The highest BCUT2D eigenvalue weighted by atomic mass is 16.6. The van der Waals surface area contributed by atoms with Crippen LogP contribution in [0.15, 0.2) is 16.8 Å². The fourth-order valence-electron chi connectivity index (χ4n) is 1.69. The SMILES string of the molecule is Cc1nc(CN(C)c2nccc(C#N)c2[N+](=O)[O-])no1. The molecular weight excluding hydrogens is 264 g/mol. The largest absolute Gasteiger partial charge is 0.346 e. The molecule has 20 heavy (non-hydrogen) atoms. The summed E-state index contributed by atoms with van der Waals surface area (Å²) in [5.41, 5.74) is -0.381. The highest BCUT2D eigenvalue weighted by molar-refractivity contribution is 5.65. The molecule has 2 rings (SSSR count). The van der Waals surface area contributed by atoms with E-state index in [4.69, 9.17) is 9.78 Å². The minimum atomic E-state index is -0.626. The number of rotatable bonds is 4. The van der Waals surface area contributed by atoms with Gasteiger partial charge >= 0.3 is 5.69 Å². The van der Waals surface area contributed by atoms with Crippen LogP contribution in [0.4, 0.5) is 11.5 Å². The van der Waals surface area contributed by atoms with E-state index in [1.165, 1.54) is 17.2 Å². The molecule has 0 saturated carbocycles. The zero-order valence-electron chi connectivity index (χ0n) is 10.8. The average molecular weight is 274 g/mol. The lowest BCUT2D eigenvalue weighted by atomic mass is 10.2. The summed E-state index contributed by atoms with van der Waals surface area (Å²) in [7, 11) is 1.60. The van der Waals surface area contributed by atoms with Crippen LogP contribution in [0.1, 0.15) is 17.3 Å². The molecule has 2 aromatic heterocycles. The third kappa shape index (κ3) is 2.54. The molecular formula is C11H10N6O3. The molecule has 0 N–H and O–H groups in total. The Morgan fingerprint density at radius 2 is 2.35 bits per heavy atom. The van der Waals surface area contributed by atoms with Gasteiger partial charge < -0.3 is 9.42 Å². The van der Waals surface area contributed by atoms with E-state index in [0.717, 1.165) is 0 Å². The summed E-state index contributed by atoms with van der Waals surface area (Å²) >= 11 is 0. The highest BCUT2D eigenvalue weighted by Gasteiger charge is 2.24. The third-order valence-corrected chi connectivity index (χ3v) is 2.52. The van der Waals surface area contributed by atoms with Crippen molar-refractivity contribution in [2.24, 2.45) is 0 Å². The summed E-state index contributed by atoms with van der Waals surface area (Å²) in [6.07, 6.45) is 1.35. The van der Waals surface area contributed by atoms with Gasteiger partial charge in [0, 0.05) is 20.2 Å². The number of aryl methyl sites for hydroxylation is 1. The van der Waals surface area contributed by atoms with Crippen LogP contribution in [0.3, 0.4) is 0 Å². The number of anilines is 1. The minimum absolute atomic E-state index is 0.0452. The van der Waals surface area contributed by atoms with E-state index in [2.05, 4.69) is 15.1 Å². The zero-order chi connectivity index (χ0) is 14.7.